The number of nitrogen functional groups attached to an aromatic ring is 1. The van der Waals surface area contributed by atoms with Gasteiger partial charge in [0.15, 0.2) is 0 Å². The van der Waals surface area contributed by atoms with Crippen LogP contribution in [0, 0.1) is 6.92 Å². The molecule has 2 heterocycles. The fraction of sp³-hybridized carbons (Fsp3) is 0.167. The molecule has 0 saturated heterocycles. The SMILES string of the molecule is Cc1ccc(CNc2c(N)cncc2Br)cn1. The lowest BCUT2D eigenvalue weighted by Crippen LogP contribution is -2.04. The summed E-state index contributed by atoms with van der Waals surface area (Å²) in [5.41, 5.74) is 9.45. The molecule has 17 heavy (non-hydrogen) atoms. The van der Waals surface area contributed by atoms with E-state index in [0.29, 0.717) is 12.2 Å². The van der Waals surface area contributed by atoms with Crippen LogP contribution >= 0.6 is 15.9 Å². The van der Waals surface area contributed by atoms with Crippen LogP contribution in [0.15, 0.2) is 35.2 Å². The maximum atomic E-state index is 5.84. The summed E-state index contributed by atoms with van der Waals surface area (Å²) in [5, 5.41) is 3.27. The predicted octanol–water partition coefficient (Wildman–Crippen LogP) is 2.74. The lowest BCUT2D eigenvalue weighted by atomic mass is 10.2. The van der Waals surface area contributed by atoms with E-state index in [1.807, 2.05) is 25.3 Å². The maximum absolute atomic E-state index is 5.84. The number of halogens is 1. The number of hydrogen-bond acceptors (Lipinski definition) is 4. The standard InChI is InChI=1S/C12H13BrN4/c1-8-2-3-9(4-16-8)5-17-12-10(13)6-15-7-11(12)14/h2-4,6-7H,5,14H2,1H3,(H,15,17). The van der Waals surface area contributed by atoms with Crippen molar-refractivity contribution >= 4 is 27.3 Å². The number of pyridine rings is 2. The molecule has 2 aromatic rings. The van der Waals surface area contributed by atoms with Crippen molar-refractivity contribution in [2.24, 2.45) is 0 Å². The Morgan fingerprint density at radius 1 is 1.29 bits per heavy atom. The van der Waals surface area contributed by atoms with Crippen molar-refractivity contribution in [3.63, 3.8) is 0 Å². The molecule has 2 aromatic heterocycles. The minimum absolute atomic E-state index is 0.624. The molecule has 88 valence electrons. The number of nitrogens with one attached hydrogen (secondary N) is 1. The van der Waals surface area contributed by atoms with Gasteiger partial charge in [-0.1, -0.05) is 6.07 Å². The van der Waals surface area contributed by atoms with Crippen LogP contribution in [0.3, 0.4) is 0 Å². The zero-order valence-corrected chi connectivity index (χ0v) is 11.0. The van der Waals surface area contributed by atoms with Crippen LogP contribution in [0.1, 0.15) is 11.3 Å². The Balaban J connectivity index is 2.10. The first kappa shape index (κ1) is 11.9. The molecule has 0 fully saturated rings. The Morgan fingerprint density at radius 2 is 2.12 bits per heavy atom. The third-order valence-corrected chi connectivity index (χ3v) is 2.97. The molecular weight excluding hydrogens is 280 g/mol. The van der Waals surface area contributed by atoms with E-state index in [0.717, 1.165) is 21.4 Å². The molecule has 0 amide bonds. The highest BCUT2D eigenvalue weighted by atomic mass is 79.9. The molecule has 0 aliphatic carbocycles. The molecule has 0 saturated carbocycles. The maximum Gasteiger partial charge on any atom is 0.0752 e. The van der Waals surface area contributed by atoms with Gasteiger partial charge in [-0.15, -0.1) is 0 Å². The van der Waals surface area contributed by atoms with Crippen LogP contribution in [-0.4, -0.2) is 9.97 Å². The largest absolute Gasteiger partial charge is 0.396 e. The fourth-order valence-corrected chi connectivity index (χ4v) is 1.92. The molecule has 0 atom stereocenters. The van der Waals surface area contributed by atoms with Gasteiger partial charge in [0.25, 0.3) is 0 Å². The fourth-order valence-electron chi connectivity index (χ4n) is 1.43. The number of rotatable bonds is 3. The van der Waals surface area contributed by atoms with Gasteiger partial charge in [0, 0.05) is 24.6 Å². The molecule has 0 bridgehead atoms. The monoisotopic (exact) mass is 292 g/mol. The molecule has 0 aromatic carbocycles. The Bertz CT molecular complexity index is 490. The summed E-state index contributed by atoms with van der Waals surface area (Å²) < 4.78 is 0.859. The Labute approximate surface area is 108 Å². The van der Waals surface area contributed by atoms with Gasteiger partial charge in [0.05, 0.1) is 22.0 Å². The summed E-state index contributed by atoms with van der Waals surface area (Å²) in [6.07, 6.45) is 5.19. The third-order valence-electron chi connectivity index (χ3n) is 2.37. The lowest BCUT2D eigenvalue weighted by molar-refractivity contribution is 1.08. The second-order valence-corrected chi connectivity index (χ2v) is 4.60. The van der Waals surface area contributed by atoms with E-state index in [2.05, 4.69) is 31.2 Å². The van der Waals surface area contributed by atoms with Crippen LogP contribution in [-0.2, 0) is 6.54 Å². The average Bonchev–Trinajstić information content (AvgIpc) is 2.31. The van der Waals surface area contributed by atoms with Crippen LogP contribution < -0.4 is 11.1 Å². The van der Waals surface area contributed by atoms with E-state index in [-0.39, 0.29) is 0 Å². The highest BCUT2D eigenvalue weighted by Gasteiger charge is 2.04. The molecule has 0 aliphatic rings. The van der Waals surface area contributed by atoms with Gasteiger partial charge < -0.3 is 11.1 Å². The normalized spacial score (nSPS) is 10.2. The summed E-state index contributed by atoms with van der Waals surface area (Å²) >= 11 is 3.41. The number of nitrogens with zero attached hydrogens (tertiary/aromatic N) is 2. The number of aryl methyl sites for hydroxylation is 1. The molecule has 2 rings (SSSR count). The first-order valence-corrected chi connectivity index (χ1v) is 6.00. The topological polar surface area (TPSA) is 63.8 Å². The van der Waals surface area contributed by atoms with Gasteiger partial charge in [-0.3, -0.25) is 9.97 Å². The number of hydrogen-bond donors (Lipinski definition) is 2. The molecule has 0 spiro atoms. The van der Waals surface area contributed by atoms with Crippen LogP contribution in [0.5, 0.6) is 0 Å². The van der Waals surface area contributed by atoms with Crippen molar-refractivity contribution in [1.29, 1.82) is 0 Å². The molecule has 4 nitrogen and oxygen atoms in total. The van der Waals surface area contributed by atoms with Gasteiger partial charge in [-0.25, -0.2) is 0 Å². The zero-order chi connectivity index (χ0) is 12.3. The van der Waals surface area contributed by atoms with E-state index in [4.69, 9.17) is 5.73 Å². The minimum Gasteiger partial charge on any atom is -0.396 e. The first-order chi connectivity index (χ1) is 8.16. The second kappa shape index (κ2) is 5.14. The summed E-state index contributed by atoms with van der Waals surface area (Å²) in [6, 6.07) is 4.03. The van der Waals surface area contributed by atoms with Crippen molar-refractivity contribution in [3.05, 3.63) is 46.5 Å². The minimum atomic E-state index is 0.624. The van der Waals surface area contributed by atoms with E-state index in [1.54, 1.807) is 12.4 Å². The summed E-state index contributed by atoms with van der Waals surface area (Å²) in [7, 11) is 0. The van der Waals surface area contributed by atoms with Crippen molar-refractivity contribution in [2.45, 2.75) is 13.5 Å². The quantitative estimate of drug-likeness (QED) is 0.913. The Hall–Kier alpha value is -1.62. The number of anilines is 2. The number of nitrogens with two attached hydrogens (primary N) is 1. The van der Waals surface area contributed by atoms with Gasteiger partial charge in [0.1, 0.15) is 0 Å². The van der Waals surface area contributed by atoms with Gasteiger partial charge >= 0.3 is 0 Å². The summed E-state index contributed by atoms with van der Waals surface area (Å²) in [5.74, 6) is 0. The molecule has 0 radical (unpaired) electrons. The van der Waals surface area contributed by atoms with E-state index >= 15 is 0 Å². The highest BCUT2D eigenvalue weighted by Crippen LogP contribution is 2.27. The number of aromatic nitrogens is 2. The van der Waals surface area contributed by atoms with E-state index in [1.165, 1.54) is 0 Å². The Kier molecular flexibility index (Phi) is 3.58. The van der Waals surface area contributed by atoms with Crippen molar-refractivity contribution in [2.75, 3.05) is 11.1 Å². The molecule has 5 heteroatoms. The van der Waals surface area contributed by atoms with E-state index < -0.39 is 0 Å². The summed E-state index contributed by atoms with van der Waals surface area (Å²) in [4.78, 5) is 8.23. The average molecular weight is 293 g/mol. The van der Waals surface area contributed by atoms with Crippen molar-refractivity contribution < 1.29 is 0 Å². The van der Waals surface area contributed by atoms with E-state index in [9.17, 15) is 0 Å². The smallest absolute Gasteiger partial charge is 0.0752 e. The van der Waals surface area contributed by atoms with Crippen molar-refractivity contribution in [1.82, 2.24) is 9.97 Å². The van der Waals surface area contributed by atoms with Crippen LogP contribution in [0.4, 0.5) is 11.4 Å². The zero-order valence-electron chi connectivity index (χ0n) is 9.44. The molecule has 0 aliphatic heterocycles. The Morgan fingerprint density at radius 3 is 2.76 bits per heavy atom. The second-order valence-electron chi connectivity index (χ2n) is 3.75. The lowest BCUT2D eigenvalue weighted by Gasteiger charge is -2.10. The van der Waals surface area contributed by atoms with Gasteiger partial charge in [0.2, 0.25) is 0 Å². The predicted molar refractivity (Wildman–Crippen MR) is 72.7 cm³/mol. The van der Waals surface area contributed by atoms with Crippen molar-refractivity contribution in [3.8, 4) is 0 Å². The highest BCUT2D eigenvalue weighted by molar-refractivity contribution is 9.10. The molecular formula is C12H13BrN4. The molecule has 0 unspecified atom stereocenters. The first-order valence-electron chi connectivity index (χ1n) is 5.21. The van der Waals surface area contributed by atoms with Crippen LogP contribution in [0.2, 0.25) is 0 Å². The van der Waals surface area contributed by atoms with Gasteiger partial charge in [-0.05, 0) is 34.5 Å². The third kappa shape index (κ3) is 2.94. The van der Waals surface area contributed by atoms with Crippen LogP contribution in [0.25, 0.3) is 0 Å². The van der Waals surface area contributed by atoms with Gasteiger partial charge in [-0.2, -0.15) is 0 Å². The molecule has 3 N–H and O–H groups in total. The summed E-state index contributed by atoms with van der Waals surface area (Å²) in [6.45, 7) is 2.65.